The second-order valence-corrected chi connectivity index (χ2v) is 4.21. The summed E-state index contributed by atoms with van der Waals surface area (Å²) in [6, 6.07) is 5.41. The smallest absolute Gasteiger partial charge is 0.161 e. The average molecular weight is 262 g/mol. The molecule has 0 fully saturated rings. The van der Waals surface area contributed by atoms with E-state index in [1.165, 1.54) is 6.33 Å². The number of nitrogens with zero attached hydrogens (tertiary/aromatic N) is 2. The molecule has 2 aromatic rings. The largest absolute Gasteiger partial charge is 0.504 e. The van der Waals surface area contributed by atoms with Crippen molar-refractivity contribution in [2.24, 2.45) is 0 Å². The zero-order chi connectivity index (χ0) is 13.7. The number of aromatic nitrogens is 3. The first-order valence-corrected chi connectivity index (χ1v) is 6.24. The molecular formula is C13H18N4O2. The molecule has 0 aliphatic heterocycles. The van der Waals surface area contributed by atoms with Gasteiger partial charge in [0.05, 0.1) is 12.6 Å². The van der Waals surface area contributed by atoms with E-state index in [-0.39, 0.29) is 11.8 Å². The Morgan fingerprint density at radius 3 is 3.00 bits per heavy atom. The predicted molar refractivity (Wildman–Crippen MR) is 70.9 cm³/mol. The Kier molecular flexibility index (Phi) is 4.35. The highest BCUT2D eigenvalue weighted by Gasteiger charge is 2.08. The highest BCUT2D eigenvalue weighted by atomic mass is 16.5. The lowest BCUT2D eigenvalue weighted by Crippen LogP contribution is -2.19. The first kappa shape index (κ1) is 13.4. The summed E-state index contributed by atoms with van der Waals surface area (Å²) in [5.74, 6) is 1.46. The van der Waals surface area contributed by atoms with Gasteiger partial charge < -0.3 is 15.2 Å². The topological polar surface area (TPSA) is 83.1 Å². The van der Waals surface area contributed by atoms with Crippen LogP contribution in [0.15, 0.2) is 24.5 Å². The molecule has 1 atom stereocenters. The zero-order valence-corrected chi connectivity index (χ0v) is 11.1. The van der Waals surface area contributed by atoms with Crippen molar-refractivity contribution < 1.29 is 9.84 Å². The quantitative estimate of drug-likeness (QED) is 0.739. The summed E-state index contributed by atoms with van der Waals surface area (Å²) in [6.45, 7) is 5.07. The number of ether oxygens (including phenoxy) is 1. The van der Waals surface area contributed by atoms with Crippen molar-refractivity contribution >= 4 is 0 Å². The maximum atomic E-state index is 9.63. The Morgan fingerprint density at radius 1 is 1.47 bits per heavy atom. The molecule has 0 amide bonds. The lowest BCUT2D eigenvalue weighted by atomic mass is 10.2. The molecule has 1 heterocycles. The van der Waals surface area contributed by atoms with Crippen molar-refractivity contribution in [2.75, 3.05) is 6.61 Å². The van der Waals surface area contributed by atoms with Gasteiger partial charge >= 0.3 is 0 Å². The first-order chi connectivity index (χ1) is 9.20. The summed E-state index contributed by atoms with van der Waals surface area (Å²) in [5.41, 5.74) is 1.03. The van der Waals surface area contributed by atoms with Crippen LogP contribution < -0.4 is 10.1 Å². The monoisotopic (exact) mass is 262 g/mol. The fraction of sp³-hybridized carbons (Fsp3) is 0.385. The van der Waals surface area contributed by atoms with Crippen molar-refractivity contribution in [3.63, 3.8) is 0 Å². The lowest BCUT2D eigenvalue weighted by Gasteiger charge is -2.12. The predicted octanol–water partition coefficient (Wildman–Crippen LogP) is 1.76. The number of aromatic hydroxyl groups is 1. The van der Waals surface area contributed by atoms with Crippen LogP contribution in [0.2, 0.25) is 0 Å². The molecule has 1 aromatic carbocycles. The molecule has 1 unspecified atom stereocenters. The summed E-state index contributed by atoms with van der Waals surface area (Å²) >= 11 is 0. The van der Waals surface area contributed by atoms with Crippen LogP contribution >= 0.6 is 0 Å². The molecule has 1 aromatic heterocycles. The number of H-pyrrole nitrogens is 1. The minimum absolute atomic E-state index is 0.0758. The third kappa shape index (κ3) is 3.45. The van der Waals surface area contributed by atoms with E-state index >= 15 is 0 Å². The Labute approximate surface area is 111 Å². The van der Waals surface area contributed by atoms with Gasteiger partial charge in [-0.15, -0.1) is 0 Å². The lowest BCUT2D eigenvalue weighted by molar-refractivity contribution is 0.317. The number of phenols is 1. The Bertz CT molecular complexity index is 513. The van der Waals surface area contributed by atoms with Crippen molar-refractivity contribution in [1.29, 1.82) is 0 Å². The maximum Gasteiger partial charge on any atom is 0.161 e. The Balaban J connectivity index is 1.97. The number of rotatable bonds is 6. The maximum absolute atomic E-state index is 9.63. The van der Waals surface area contributed by atoms with Crippen LogP contribution in [-0.4, -0.2) is 26.9 Å². The number of benzene rings is 1. The van der Waals surface area contributed by atoms with Gasteiger partial charge in [0.25, 0.3) is 0 Å². The van der Waals surface area contributed by atoms with Gasteiger partial charge in [0.15, 0.2) is 11.5 Å². The fourth-order valence-electron chi connectivity index (χ4n) is 1.73. The molecule has 0 spiro atoms. The van der Waals surface area contributed by atoms with Crippen LogP contribution in [0.5, 0.6) is 11.5 Å². The van der Waals surface area contributed by atoms with Crippen LogP contribution in [-0.2, 0) is 6.54 Å². The Morgan fingerprint density at radius 2 is 2.32 bits per heavy atom. The zero-order valence-electron chi connectivity index (χ0n) is 11.1. The minimum atomic E-state index is 0.0758. The molecule has 0 radical (unpaired) electrons. The number of nitrogens with one attached hydrogen (secondary N) is 2. The van der Waals surface area contributed by atoms with Gasteiger partial charge in [0, 0.05) is 6.54 Å². The van der Waals surface area contributed by atoms with E-state index in [2.05, 4.69) is 20.5 Å². The minimum Gasteiger partial charge on any atom is -0.504 e. The molecule has 0 saturated carbocycles. The van der Waals surface area contributed by atoms with Gasteiger partial charge in [-0.2, -0.15) is 5.10 Å². The second kappa shape index (κ2) is 6.19. The van der Waals surface area contributed by atoms with Crippen LogP contribution in [0.1, 0.15) is 31.3 Å². The summed E-state index contributed by atoms with van der Waals surface area (Å²) in [7, 11) is 0. The van der Waals surface area contributed by atoms with Crippen LogP contribution in [0, 0.1) is 0 Å². The third-order valence-electron chi connectivity index (χ3n) is 2.78. The standard InChI is InChI=1S/C13H18N4O2/c1-3-19-12-6-10(4-5-11(12)18)7-14-9(2)13-15-8-16-17-13/h4-6,8-9,14,18H,3,7H2,1-2H3,(H,15,16,17). The average Bonchev–Trinajstić information content (AvgIpc) is 2.93. The number of hydrogen-bond donors (Lipinski definition) is 3. The van der Waals surface area contributed by atoms with E-state index < -0.39 is 0 Å². The molecule has 0 aliphatic carbocycles. The van der Waals surface area contributed by atoms with Crippen molar-refractivity contribution in [3.05, 3.63) is 35.9 Å². The number of hydrogen-bond acceptors (Lipinski definition) is 5. The van der Waals surface area contributed by atoms with Crippen molar-refractivity contribution in [2.45, 2.75) is 26.4 Å². The molecule has 6 heteroatoms. The van der Waals surface area contributed by atoms with E-state index in [1.54, 1.807) is 6.07 Å². The molecule has 0 aliphatic rings. The number of aromatic amines is 1. The molecule has 2 rings (SSSR count). The van der Waals surface area contributed by atoms with Gasteiger partial charge in [-0.05, 0) is 31.5 Å². The molecule has 0 bridgehead atoms. The second-order valence-electron chi connectivity index (χ2n) is 4.21. The van der Waals surface area contributed by atoms with Crippen molar-refractivity contribution in [3.8, 4) is 11.5 Å². The summed E-state index contributed by atoms with van der Waals surface area (Å²) in [4.78, 5) is 4.10. The third-order valence-corrected chi connectivity index (χ3v) is 2.78. The molecular weight excluding hydrogens is 244 g/mol. The highest BCUT2D eigenvalue weighted by Crippen LogP contribution is 2.26. The van der Waals surface area contributed by atoms with Crippen LogP contribution in [0.4, 0.5) is 0 Å². The van der Waals surface area contributed by atoms with Crippen LogP contribution in [0.25, 0.3) is 0 Å². The molecule has 102 valence electrons. The molecule has 19 heavy (non-hydrogen) atoms. The van der Waals surface area contributed by atoms with E-state index in [0.29, 0.717) is 18.9 Å². The summed E-state index contributed by atoms with van der Waals surface area (Å²) in [5, 5.41) is 19.6. The first-order valence-electron chi connectivity index (χ1n) is 6.24. The molecule has 3 N–H and O–H groups in total. The molecule has 6 nitrogen and oxygen atoms in total. The van der Waals surface area contributed by atoms with Crippen molar-refractivity contribution in [1.82, 2.24) is 20.5 Å². The summed E-state index contributed by atoms with van der Waals surface area (Å²) < 4.78 is 5.35. The van der Waals surface area contributed by atoms with E-state index in [9.17, 15) is 5.11 Å². The SMILES string of the molecule is CCOc1cc(CNC(C)c2ncn[nH]2)ccc1O. The van der Waals surface area contributed by atoms with Gasteiger partial charge in [0.1, 0.15) is 12.2 Å². The van der Waals surface area contributed by atoms with E-state index in [1.807, 2.05) is 26.0 Å². The van der Waals surface area contributed by atoms with Gasteiger partial charge in [-0.1, -0.05) is 6.07 Å². The van der Waals surface area contributed by atoms with Gasteiger partial charge in [0.2, 0.25) is 0 Å². The fourth-order valence-corrected chi connectivity index (χ4v) is 1.73. The number of phenolic OH excluding ortho intramolecular Hbond substituents is 1. The molecule has 0 saturated heterocycles. The summed E-state index contributed by atoms with van der Waals surface area (Å²) in [6.07, 6.45) is 1.49. The normalized spacial score (nSPS) is 12.3. The van der Waals surface area contributed by atoms with E-state index in [4.69, 9.17) is 4.74 Å². The van der Waals surface area contributed by atoms with E-state index in [0.717, 1.165) is 11.4 Å². The van der Waals surface area contributed by atoms with Gasteiger partial charge in [-0.25, -0.2) is 4.98 Å². The van der Waals surface area contributed by atoms with Gasteiger partial charge in [-0.3, -0.25) is 5.10 Å². The highest BCUT2D eigenvalue weighted by molar-refractivity contribution is 5.41. The van der Waals surface area contributed by atoms with Crippen LogP contribution in [0.3, 0.4) is 0 Å². The Hall–Kier alpha value is -2.08.